The lowest BCUT2D eigenvalue weighted by atomic mass is 9.79. The highest BCUT2D eigenvalue weighted by Crippen LogP contribution is 2.28. The average Bonchev–Trinajstić information content (AvgIpc) is 2.07. The Bertz CT molecular complexity index is 251. The van der Waals surface area contributed by atoms with E-state index in [9.17, 15) is 9.59 Å². The van der Waals surface area contributed by atoms with Crippen LogP contribution in [0.2, 0.25) is 0 Å². The van der Waals surface area contributed by atoms with Gasteiger partial charge >= 0.3 is 0 Å². The number of aldehydes is 1. The van der Waals surface area contributed by atoms with E-state index in [2.05, 4.69) is 0 Å². The maximum atomic E-state index is 11.4. The van der Waals surface area contributed by atoms with Gasteiger partial charge in [-0.05, 0) is 19.4 Å². The molecule has 0 aliphatic heterocycles. The Morgan fingerprint density at radius 3 is 2.83 bits per heavy atom. The van der Waals surface area contributed by atoms with Gasteiger partial charge in [-0.2, -0.15) is 0 Å². The monoisotopic (exact) mass is 164 g/mol. The molecule has 1 aliphatic rings. The molecule has 0 heterocycles. The minimum Gasteiger partial charge on any atom is -0.303 e. The third kappa shape index (κ3) is 1.70. The first kappa shape index (κ1) is 8.91. The summed E-state index contributed by atoms with van der Waals surface area (Å²) in [5, 5.41) is 0. The van der Waals surface area contributed by atoms with E-state index in [1.807, 2.05) is 19.1 Å². The first-order valence-corrected chi connectivity index (χ1v) is 4.03. The van der Waals surface area contributed by atoms with Crippen LogP contribution in [-0.2, 0) is 9.59 Å². The van der Waals surface area contributed by atoms with Crippen LogP contribution in [0.15, 0.2) is 24.3 Å². The molecular weight excluding hydrogens is 152 g/mol. The van der Waals surface area contributed by atoms with E-state index in [0.717, 1.165) is 6.29 Å². The summed E-state index contributed by atoms with van der Waals surface area (Å²) >= 11 is 0. The molecule has 64 valence electrons. The number of allylic oxidation sites excluding steroid dienone is 4. The van der Waals surface area contributed by atoms with Crippen LogP contribution >= 0.6 is 0 Å². The Balaban J connectivity index is 2.69. The summed E-state index contributed by atoms with van der Waals surface area (Å²) in [6, 6.07) is 0. The third-order valence-electron chi connectivity index (χ3n) is 2.17. The Morgan fingerprint density at radius 2 is 2.25 bits per heavy atom. The van der Waals surface area contributed by atoms with E-state index in [4.69, 9.17) is 0 Å². The first-order valence-electron chi connectivity index (χ1n) is 4.03. The zero-order chi connectivity index (χ0) is 9.03. The summed E-state index contributed by atoms with van der Waals surface area (Å²) in [5.41, 5.74) is -0.449. The molecule has 0 fully saturated rings. The lowest BCUT2D eigenvalue weighted by Gasteiger charge is -2.23. The quantitative estimate of drug-likeness (QED) is 0.594. The van der Waals surface area contributed by atoms with Crippen molar-refractivity contribution in [1.29, 1.82) is 0 Å². The molecule has 2 nitrogen and oxygen atoms in total. The number of hydrogen-bond acceptors (Lipinski definition) is 2. The van der Waals surface area contributed by atoms with Gasteiger partial charge in [0.1, 0.15) is 6.29 Å². The fraction of sp³-hybridized carbons (Fsp3) is 0.400. The summed E-state index contributed by atoms with van der Waals surface area (Å²) in [6.07, 6.45) is 8.90. The minimum atomic E-state index is -0.449. The zero-order valence-corrected chi connectivity index (χ0v) is 7.12. The highest BCUT2D eigenvalue weighted by Gasteiger charge is 2.28. The van der Waals surface area contributed by atoms with Crippen LogP contribution in [0, 0.1) is 5.41 Å². The van der Waals surface area contributed by atoms with Gasteiger partial charge < -0.3 is 4.79 Å². The highest BCUT2D eigenvalue weighted by molar-refractivity contribution is 5.97. The summed E-state index contributed by atoms with van der Waals surface area (Å²) in [5.74, 6) is 0.0897. The van der Waals surface area contributed by atoms with Crippen molar-refractivity contribution in [3.63, 3.8) is 0 Å². The van der Waals surface area contributed by atoms with Crippen molar-refractivity contribution in [2.24, 2.45) is 5.41 Å². The molecule has 0 aromatic carbocycles. The smallest absolute Gasteiger partial charge is 0.165 e. The van der Waals surface area contributed by atoms with Crippen molar-refractivity contribution < 1.29 is 9.59 Å². The van der Waals surface area contributed by atoms with Gasteiger partial charge in [0, 0.05) is 11.8 Å². The molecular formula is C10H12O2. The van der Waals surface area contributed by atoms with Gasteiger partial charge in [0.2, 0.25) is 0 Å². The fourth-order valence-electron chi connectivity index (χ4n) is 1.25. The normalized spacial score (nSPS) is 27.6. The van der Waals surface area contributed by atoms with Crippen molar-refractivity contribution in [2.45, 2.75) is 19.8 Å². The van der Waals surface area contributed by atoms with Crippen LogP contribution in [0.4, 0.5) is 0 Å². The Hall–Kier alpha value is -1.18. The van der Waals surface area contributed by atoms with Gasteiger partial charge in [-0.25, -0.2) is 0 Å². The number of rotatable bonds is 3. The second-order valence-corrected chi connectivity index (χ2v) is 3.21. The zero-order valence-electron chi connectivity index (χ0n) is 7.12. The molecule has 0 N–H and O–H groups in total. The largest absolute Gasteiger partial charge is 0.303 e. The van der Waals surface area contributed by atoms with E-state index < -0.39 is 5.41 Å². The van der Waals surface area contributed by atoms with Crippen LogP contribution in [0.5, 0.6) is 0 Å². The molecule has 0 radical (unpaired) electrons. The lowest BCUT2D eigenvalue weighted by molar-refractivity contribution is -0.121. The molecule has 0 aromatic heterocycles. The third-order valence-corrected chi connectivity index (χ3v) is 2.17. The van der Waals surface area contributed by atoms with Crippen molar-refractivity contribution in [1.82, 2.24) is 0 Å². The number of hydrogen-bond donors (Lipinski definition) is 0. The van der Waals surface area contributed by atoms with Crippen LogP contribution in [-0.4, -0.2) is 12.1 Å². The van der Waals surface area contributed by atoms with Crippen LogP contribution in [0.25, 0.3) is 0 Å². The molecule has 0 saturated carbocycles. The van der Waals surface area contributed by atoms with Crippen molar-refractivity contribution in [3.05, 3.63) is 24.3 Å². The van der Waals surface area contributed by atoms with Gasteiger partial charge in [-0.3, -0.25) is 4.79 Å². The summed E-state index contributed by atoms with van der Waals surface area (Å²) < 4.78 is 0. The molecule has 1 aliphatic carbocycles. The molecule has 12 heavy (non-hydrogen) atoms. The van der Waals surface area contributed by atoms with Crippen LogP contribution < -0.4 is 0 Å². The Labute approximate surface area is 72.0 Å². The summed E-state index contributed by atoms with van der Waals surface area (Å²) in [4.78, 5) is 21.5. The molecule has 0 spiro atoms. The topological polar surface area (TPSA) is 34.1 Å². The molecule has 1 rings (SSSR count). The van der Waals surface area contributed by atoms with E-state index in [1.165, 1.54) is 0 Å². The standard InChI is InChI=1S/C10H12O2/c1-10(7-4-8-11)6-3-2-5-9(10)12/h2-3,5-6,8H,4,7H2,1H3/t10-/m0/s1. The van der Waals surface area contributed by atoms with Gasteiger partial charge in [0.05, 0.1) is 0 Å². The molecule has 0 saturated heterocycles. The Kier molecular flexibility index (Phi) is 2.58. The highest BCUT2D eigenvalue weighted by atomic mass is 16.1. The van der Waals surface area contributed by atoms with Gasteiger partial charge in [0.15, 0.2) is 5.78 Å². The molecule has 2 heteroatoms. The number of carbonyl (C=O) groups is 2. The van der Waals surface area contributed by atoms with E-state index >= 15 is 0 Å². The van der Waals surface area contributed by atoms with E-state index in [-0.39, 0.29) is 5.78 Å². The fourth-order valence-corrected chi connectivity index (χ4v) is 1.25. The van der Waals surface area contributed by atoms with Crippen LogP contribution in [0.3, 0.4) is 0 Å². The predicted molar refractivity (Wildman–Crippen MR) is 46.7 cm³/mol. The van der Waals surface area contributed by atoms with Crippen molar-refractivity contribution >= 4 is 12.1 Å². The number of ketones is 1. The van der Waals surface area contributed by atoms with Crippen LogP contribution in [0.1, 0.15) is 19.8 Å². The Morgan fingerprint density at radius 1 is 1.50 bits per heavy atom. The molecule has 0 aromatic rings. The predicted octanol–water partition coefficient (Wildman–Crippen LogP) is 1.67. The number of carbonyl (C=O) groups excluding carboxylic acids is 2. The first-order chi connectivity index (χ1) is 5.69. The summed E-state index contributed by atoms with van der Waals surface area (Å²) in [6.45, 7) is 1.86. The molecule has 1 atom stereocenters. The maximum Gasteiger partial charge on any atom is 0.165 e. The lowest BCUT2D eigenvalue weighted by Crippen LogP contribution is -2.25. The van der Waals surface area contributed by atoms with Gasteiger partial charge in [-0.15, -0.1) is 0 Å². The van der Waals surface area contributed by atoms with Gasteiger partial charge in [-0.1, -0.05) is 18.2 Å². The maximum absolute atomic E-state index is 11.4. The second kappa shape index (κ2) is 3.48. The average molecular weight is 164 g/mol. The van der Waals surface area contributed by atoms with Crippen molar-refractivity contribution in [2.75, 3.05) is 0 Å². The molecule has 0 amide bonds. The minimum absolute atomic E-state index is 0.0897. The van der Waals surface area contributed by atoms with E-state index in [0.29, 0.717) is 12.8 Å². The SMILES string of the molecule is C[C@@]1(CCC=O)C=CC=CC1=O. The van der Waals surface area contributed by atoms with E-state index in [1.54, 1.807) is 12.2 Å². The van der Waals surface area contributed by atoms with Crippen molar-refractivity contribution in [3.8, 4) is 0 Å². The molecule has 0 unspecified atom stereocenters. The summed E-state index contributed by atoms with van der Waals surface area (Å²) in [7, 11) is 0. The molecule has 0 bridgehead atoms. The second-order valence-electron chi connectivity index (χ2n) is 3.21. The van der Waals surface area contributed by atoms with Gasteiger partial charge in [0.25, 0.3) is 0 Å².